The number of nitrogens with two attached hydrogens (primary N) is 1. The molecule has 2 aromatic rings. The van der Waals surface area contributed by atoms with Crippen molar-refractivity contribution in [3.63, 3.8) is 0 Å². The molecule has 110 valence electrons. The monoisotopic (exact) mass is 345 g/mol. The van der Waals surface area contributed by atoms with Crippen molar-refractivity contribution in [1.29, 1.82) is 0 Å². The maximum atomic E-state index is 6.61. The highest BCUT2D eigenvalue weighted by Gasteiger charge is 2.27. The third kappa shape index (κ3) is 2.85. The predicted octanol–water partition coefficient (Wildman–Crippen LogP) is 4.58. The molecule has 1 aliphatic rings. The first-order chi connectivity index (χ1) is 10.2. The van der Waals surface area contributed by atoms with Gasteiger partial charge in [-0.15, -0.1) is 0 Å². The van der Waals surface area contributed by atoms with E-state index >= 15 is 0 Å². The van der Waals surface area contributed by atoms with Crippen LogP contribution in [0.25, 0.3) is 0 Å². The van der Waals surface area contributed by atoms with Gasteiger partial charge in [0.2, 0.25) is 0 Å². The number of hydrogen-bond acceptors (Lipinski definition) is 2. The molecular weight excluding hydrogens is 326 g/mol. The second-order valence-corrected chi connectivity index (χ2v) is 6.47. The number of aryl methyl sites for hydroxylation is 1. The Hall–Kier alpha value is -1.32. The molecule has 2 nitrogen and oxygen atoms in total. The summed E-state index contributed by atoms with van der Waals surface area (Å²) in [6.45, 7) is 0. The highest BCUT2D eigenvalue weighted by molar-refractivity contribution is 9.10. The van der Waals surface area contributed by atoms with Crippen molar-refractivity contribution in [3.8, 4) is 5.75 Å². The van der Waals surface area contributed by atoms with Gasteiger partial charge in [-0.3, -0.25) is 0 Å². The van der Waals surface area contributed by atoms with Gasteiger partial charge in [-0.2, -0.15) is 0 Å². The standard InChI is InChI=1S/C18H20BrNO/c1-21-13-9-10-16(17(19)11-13)18(20)15-8-4-6-12-5-2-3-7-14(12)15/h2-3,5,7,9-11,15,18H,4,6,8,20H2,1H3. The largest absolute Gasteiger partial charge is 0.497 e. The van der Waals surface area contributed by atoms with Gasteiger partial charge < -0.3 is 10.5 Å². The van der Waals surface area contributed by atoms with Crippen LogP contribution in [0.3, 0.4) is 0 Å². The number of benzene rings is 2. The summed E-state index contributed by atoms with van der Waals surface area (Å²) in [4.78, 5) is 0. The third-order valence-corrected chi connectivity index (χ3v) is 5.10. The molecule has 0 bridgehead atoms. The number of rotatable bonds is 3. The minimum atomic E-state index is 0.00623. The van der Waals surface area contributed by atoms with E-state index in [1.165, 1.54) is 24.0 Å². The van der Waals surface area contributed by atoms with Crippen LogP contribution in [0, 0.1) is 0 Å². The zero-order valence-electron chi connectivity index (χ0n) is 12.2. The van der Waals surface area contributed by atoms with Gasteiger partial charge in [-0.05, 0) is 48.1 Å². The topological polar surface area (TPSA) is 35.2 Å². The lowest BCUT2D eigenvalue weighted by atomic mass is 9.77. The average molecular weight is 346 g/mol. The Kier molecular flexibility index (Phi) is 4.32. The van der Waals surface area contributed by atoms with Crippen molar-refractivity contribution in [2.24, 2.45) is 5.73 Å². The Bertz CT molecular complexity index is 641. The average Bonchev–Trinajstić information content (AvgIpc) is 2.53. The van der Waals surface area contributed by atoms with Crippen LogP contribution in [0.5, 0.6) is 5.75 Å². The molecule has 21 heavy (non-hydrogen) atoms. The van der Waals surface area contributed by atoms with E-state index in [-0.39, 0.29) is 6.04 Å². The highest BCUT2D eigenvalue weighted by Crippen LogP contribution is 2.41. The molecule has 1 aliphatic carbocycles. The normalized spacial score (nSPS) is 18.9. The molecule has 0 aromatic heterocycles. The second kappa shape index (κ2) is 6.20. The molecule has 0 radical (unpaired) electrons. The Morgan fingerprint density at radius 3 is 2.81 bits per heavy atom. The number of methoxy groups -OCH3 is 1. The number of ether oxygens (including phenoxy) is 1. The molecule has 0 saturated carbocycles. The molecular formula is C18H20BrNO. The quantitative estimate of drug-likeness (QED) is 0.883. The third-order valence-electron chi connectivity index (χ3n) is 4.42. The summed E-state index contributed by atoms with van der Waals surface area (Å²) in [6.07, 6.45) is 3.53. The fraction of sp³-hybridized carbons (Fsp3) is 0.333. The number of hydrogen-bond donors (Lipinski definition) is 1. The molecule has 2 N–H and O–H groups in total. The van der Waals surface area contributed by atoms with E-state index in [0.717, 1.165) is 22.2 Å². The molecule has 2 aromatic carbocycles. The summed E-state index contributed by atoms with van der Waals surface area (Å²) < 4.78 is 6.29. The van der Waals surface area contributed by atoms with Gasteiger partial charge in [0, 0.05) is 16.4 Å². The first kappa shape index (κ1) is 14.6. The fourth-order valence-electron chi connectivity index (χ4n) is 3.29. The number of fused-ring (bicyclic) bond motifs is 1. The molecule has 0 aliphatic heterocycles. The van der Waals surface area contributed by atoms with E-state index in [2.05, 4.69) is 46.3 Å². The van der Waals surface area contributed by atoms with Crippen LogP contribution < -0.4 is 10.5 Å². The maximum absolute atomic E-state index is 6.61. The maximum Gasteiger partial charge on any atom is 0.120 e. The van der Waals surface area contributed by atoms with Gasteiger partial charge in [-0.25, -0.2) is 0 Å². The first-order valence-electron chi connectivity index (χ1n) is 7.37. The van der Waals surface area contributed by atoms with E-state index in [9.17, 15) is 0 Å². The van der Waals surface area contributed by atoms with Crippen LogP contribution in [0.2, 0.25) is 0 Å². The van der Waals surface area contributed by atoms with E-state index in [4.69, 9.17) is 10.5 Å². The van der Waals surface area contributed by atoms with E-state index in [1.54, 1.807) is 7.11 Å². The van der Waals surface area contributed by atoms with Crippen molar-refractivity contribution in [1.82, 2.24) is 0 Å². The van der Waals surface area contributed by atoms with Gasteiger partial charge in [0.05, 0.1) is 7.11 Å². The van der Waals surface area contributed by atoms with Gasteiger partial charge in [0.15, 0.2) is 0 Å². The van der Waals surface area contributed by atoms with Crippen molar-refractivity contribution in [3.05, 3.63) is 63.6 Å². The molecule has 2 unspecified atom stereocenters. The van der Waals surface area contributed by atoms with E-state index < -0.39 is 0 Å². The molecule has 3 heteroatoms. The zero-order chi connectivity index (χ0) is 14.8. The smallest absolute Gasteiger partial charge is 0.120 e. The van der Waals surface area contributed by atoms with Crippen LogP contribution in [-0.4, -0.2) is 7.11 Å². The summed E-state index contributed by atoms with van der Waals surface area (Å²) in [5.41, 5.74) is 10.6. The zero-order valence-corrected chi connectivity index (χ0v) is 13.8. The van der Waals surface area contributed by atoms with Crippen LogP contribution in [0.1, 0.15) is 41.5 Å². The van der Waals surface area contributed by atoms with Crippen molar-refractivity contribution in [2.45, 2.75) is 31.2 Å². The predicted molar refractivity (Wildman–Crippen MR) is 89.7 cm³/mol. The van der Waals surface area contributed by atoms with E-state index in [1.807, 2.05) is 12.1 Å². The SMILES string of the molecule is COc1ccc(C(N)C2CCCc3ccccc32)c(Br)c1. The molecule has 0 heterocycles. The Morgan fingerprint density at radius 1 is 1.24 bits per heavy atom. The fourth-order valence-corrected chi connectivity index (χ4v) is 3.91. The van der Waals surface area contributed by atoms with Crippen LogP contribution in [0.4, 0.5) is 0 Å². The van der Waals surface area contributed by atoms with Gasteiger partial charge in [0.25, 0.3) is 0 Å². The van der Waals surface area contributed by atoms with Gasteiger partial charge in [0.1, 0.15) is 5.75 Å². The van der Waals surface area contributed by atoms with Crippen LogP contribution in [-0.2, 0) is 6.42 Å². The molecule has 0 fully saturated rings. The lowest BCUT2D eigenvalue weighted by Crippen LogP contribution is -2.24. The lowest BCUT2D eigenvalue weighted by Gasteiger charge is -2.31. The Morgan fingerprint density at radius 2 is 2.05 bits per heavy atom. The molecule has 0 spiro atoms. The lowest BCUT2D eigenvalue weighted by molar-refractivity contribution is 0.413. The van der Waals surface area contributed by atoms with Crippen molar-refractivity contribution >= 4 is 15.9 Å². The summed E-state index contributed by atoms with van der Waals surface area (Å²) in [7, 11) is 1.68. The summed E-state index contributed by atoms with van der Waals surface area (Å²) in [5, 5.41) is 0. The van der Waals surface area contributed by atoms with Gasteiger partial charge in [-0.1, -0.05) is 46.3 Å². The minimum absolute atomic E-state index is 0.00623. The Balaban J connectivity index is 1.94. The molecule has 3 rings (SSSR count). The van der Waals surface area contributed by atoms with Crippen molar-refractivity contribution < 1.29 is 4.74 Å². The van der Waals surface area contributed by atoms with Gasteiger partial charge >= 0.3 is 0 Å². The number of halogens is 1. The Labute approximate surface area is 134 Å². The summed E-state index contributed by atoms with van der Waals surface area (Å²) >= 11 is 3.64. The van der Waals surface area contributed by atoms with Crippen LogP contribution in [0.15, 0.2) is 46.9 Å². The minimum Gasteiger partial charge on any atom is -0.497 e. The van der Waals surface area contributed by atoms with E-state index in [0.29, 0.717) is 5.92 Å². The molecule has 0 amide bonds. The second-order valence-electron chi connectivity index (χ2n) is 5.61. The highest BCUT2D eigenvalue weighted by atomic mass is 79.9. The summed E-state index contributed by atoms with van der Waals surface area (Å²) in [5.74, 6) is 1.24. The van der Waals surface area contributed by atoms with Crippen molar-refractivity contribution in [2.75, 3.05) is 7.11 Å². The molecule has 0 saturated heterocycles. The molecule has 2 atom stereocenters. The first-order valence-corrected chi connectivity index (χ1v) is 8.17. The van der Waals surface area contributed by atoms with Crippen LogP contribution >= 0.6 is 15.9 Å². The summed E-state index contributed by atoms with van der Waals surface area (Å²) in [6, 6.07) is 14.8.